The molecule has 1 amide bonds. The first-order valence-electron chi connectivity index (χ1n) is 8.02. The fourth-order valence-corrected chi connectivity index (χ4v) is 3.48. The van der Waals surface area contributed by atoms with Gasteiger partial charge in [0, 0.05) is 31.4 Å². The van der Waals surface area contributed by atoms with Gasteiger partial charge in [-0.3, -0.25) is 9.69 Å². The molecule has 0 aromatic heterocycles. The van der Waals surface area contributed by atoms with E-state index in [1.165, 1.54) is 11.1 Å². The normalized spacial score (nSPS) is 20.4. The van der Waals surface area contributed by atoms with Crippen LogP contribution in [0, 0.1) is 6.92 Å². The molecule has 114 valence electrons. The quantitative estimate of drug-likeness (QED) is 0.900. The summed E-state index contributed by atoms with van der Waals surface area (Å²) in [4.78, 5) is 17.0. The number of likely N-dealkylation sites (tertiary alicyclic amines) is 1. The molecule has 2 aliphatic rings. The van der Waals surface area contributed by atoms with E-state index < -0.39 is 0 Å². The van der Waals surface area contributed by atoms with E-state index in [9.17, 15) is 4.79 Å². The maximum Gasteiger partial charge on any atom is 0.241 e. The molecule has 1 aromatic rings. The SMILES string of the molecule is Cc1cccc2c1N(C(=O)CN1CCC(N)CC1)CCC2. The number of carbonyl (C=O) groups excluding carboxylic acids is 1. The second-order valence-electron chi connectivity index (χ2n) is 6.35. The van der Waals surface area contributed by atoms with Crippen molar-refractivity contribution in [2.45, 2.75) is 38.6 Å². The molecule has 2 aliphatic heterocycles. The van der Waals surface area contributed by atoms with Crippen LogP contribution in [0.2, 0.25) is 0 Å². The van der Waals surface area contributed by atoms with Gasteiger partial charge in [-0.1, -0.05) is 18.2 Å². The fourth-order valence-electron chi connectivity index (χ4n) is 3.48. The third kappa shape index (κ3) is 3.11. The Balaban J connectivity index is 1.72. The number of anilines is 1. The Morgan fingerprint density at radius 3 is 2.81 bits per heavy atom. The molecular weight excluding hydrogens is 262 g/mol. The summed E-state index contributed by atoms with van der Waals surface area (Å²) in [6, 6.07) is 6.66. The van der Waals surface area contributed by atoms with E-state index in [1.807, 2.05) is 4.90 Å². The maximum atomic E-state index is 12.7. The van der Waals surface area contributed by atoms with Gasteiger partial charge in [0.2, 0.25) is 5.91 Å². The number of hydrogen-bond donors (Lipinski definition) is 1. The van der Waals surface area contributed by atoms with E-state index in [4.69, 9.17) is 5.73 Å². The standard InChI is InChI=1S/C17H25N3O/c1-13-4-2-5-14-6-3-9-20(17(13)14)16(21)12-19-10-7-15(18)8-11-19/h2,4-5,15H,3,6-12,18H2,1H3. The number of benzene rings is 1. The molecule has 0 saturated carbocycles. The molecule has 4 nitrogen and oxygen atoms in total. The monoisotopic (exact) mass is 287 g/mol. The van der Waals surface area contributed by atoms with Gasteiger partial charge in [-0.25, -0.2) is 0 Å². The molecule has 21 heavy (non-hydrogen) atoms. The predicted octanol–water partition coefficient (Wildman–Crippen LogP) is 1.70. The molecular formula is C17H25N3O. The van der Waals surface area contributed by atoms with Crippen molar-refractivity contribution in [2.24, 2.45) is 5.73 Å². The molecule has 0 atom stereocenters. The highest BCUT2D eigenvalue weighted by molar-refractivity contribution is 5.96. The molecule has 0 radical (unpaired) electrons. The van der Waals surface area contributed by atoms with Crippen LogP contribution in [0.5, 0.6) is 0 Å². The Hall–Kier alpha value is -1.39. The largest absolute Gasteiger partial charge is 0.328 e. The van der Waals surface area contributed by atoms with Gasteiger partial charge >= 0.3 is 0 Å². The first kappa shape index (κ1) is 14.5. The second kappa shape index (κ2) is 6.16. The molecule has 1 fully saturated rings. The van der Waals surface area contributed by atoms with Crippen LogP contribution in [0.25, 0.3) is 0 Å². The zero-order valence-electron chi connectivity index (χ0n) is 12.8. The summed E-state index contributed by atoms with van der Waals surface area (Å²) in [5, 5.41) is 0. The highest BCUT2D eigenvalue weighted by Crippen LogP contribution is 2.30. The molecule has 2 N–H and O–H groups in total. The third-order valence-electron chi connectivity index (χ3n) is 4.71. The third-order valence-corrected chi connectivity index (χ3v) is 4.71. The van der Waals surface area contributed by atoms with Crippen molar-refractivity contribution in [3.05, 3.63) is 29.3 Å². The average molecular weight is 287 g/mol. The number of amides is 1. The molecule has 0 bridgehead atoms. The smallest absolute Gasteiger partial charge is 0.241 e. The fraction of sp³-hybridized carbons (Fsp3) is 0.588. The number of fused-ring (bicyclic) bond motifs is 1. The van der Waals surface area contributed by atoms with E-state index in [0.29, 0.717) is 12.6 Å². The van der Waals surface area contributed by atoms with Gasteiger partial charge in [0.25, 0.3) is 0 Å². The van der Waals surface area contributed by atoms with Gasteiger partial charge in [-0.05, 0) is 43.7 Å². The summed E-state index contributed by atoms with van der Waals surface area (Å²) in [7, 11) is 0. The number of hydrogen-bond acceptors (Lipinski definition) is 3. The van der Waals surface area contributed by atoms with Gasteiger partial charge in [0.05, 0.1) is 6.54 Å². The van der Waals surface area contributed by atoms with Crippen LogP contribution in [0.15, 0.2) is 18.2 Å². The zero-order valence-corrected chi connectivity index (χ0v) is 12.8. The molecule has 2 heterocycles. The van der Waals surface area contributed by atoms with Crippen LogP contribution in [0.3, 0.4) is 0 Å². The molecule has 1 saturated heterocycles. The van der Waals surface area contributed by atoms with Crippen molar-refractivity contribution in [1.82, 2.24) is 4.90 Å². The average Bonchev–Trinajstić information content (AvgIpc) is 2.49. The second-order valence-corrected chi connectivity index (χ2v) is 6.35. The minimum atomic E-state index is 0.237. The maximum absolute atomic E-state index is 12.7. The lowest BCUT2D eigenvalue weighted by Crippen LogP contribution is -2.47. The summed E-state index contributed by atoms with van der Waals surface area (Å²) in [5.74, 6) is 0.237. The summed E-state index contributed by atoms with van der Waals surface area (Å²) in [6.07, 6.45) is 4.15. The van der Waals surface area contributed by atoms with Gasteiger partial charge in [-0.2, -0.15) is 0 Å². The van der Waals surface area contributed by atoms with Crippen molar-refractivity contribution in [3.8, 4) is 0 Å². The first-order chi connectivity index (χ1) is 10.1. The predicted molar refractivity (Wildman–Crippen MR) is 85.5 cm³/mol. The molecule has 0 aliphatic carbocycles. The zero-order chi connectivity index (χ0) is 14.8. The number of nitrogens with zero attached hydrogens (tertiary/aromatic N) is 2. The van der Waals surface area contributed by atoms with Crippen LogP contribution in [0.1, 0.15) is 30.4 Å². The number of aryl methyl sites for hydroxylation is 2. The lowest BCUT2D eigenvalue weighted by Gasteiger charge is -2.34. The van der Waals surface area contributed by atoms with E-state index in [2.05, 4.69) is 30.0 Å². The van der Waals surface area contributed by atoms with Crippen LogP contribution >= 0.6 is 0 Å². The van der Waals surface area contributed by atoms with Gasteiger partial charge in [0.1, 0.15) is 0 Å². The van der Waals surface area contributed by atoms with Crippen LogP contribution in [-0.4, -0.2) is 43.0 Å². The number of para-hydroxylation sites is 1. The van der Waals surface area contributed by atoms with E-state index in [-0.39, 0.29) is 5.91 Å². The van der Waals surface area contributed by atoms with Crippen LogP contribution < -0.4 is 10.6 Å². The summed E-state index contributed by atoms with van der Waals surface area (Å²) < 4.78 is 0. The van der Waals surface area contributed by atoms with Crippen molar-refractivity contribution >= 4 is 11.6 Å². The highest BCUT2D eigenvalue weighted by Gasteiger charge is 2.26. The highest BCUT2D eigenvalue weighted by atomic mass is 16.2. The minimum absolute atomic E-state index is 0.237. The van der Waals surface area contributed by atoms with Crippen molar-refractivity contribution < 1.29 is 4.79 Å². The van der Waals surface area contributed by atoms with Crippen molar-refractivity contribution in [2.75, 3.05) is 31.1 Å². The van der Waals surface area contributed by atoms with Gasteiger partial charge in [-0.15, -0.1) is 0 Å². The topological polar surface area (TPSA) is 49.6 Å². The lowest BCUT2D eigenvalue weighted by atomic mass is 9.98. The number of carbonyl (C=O) groups is 1. The van der Waals surface area contributed by atoms with E-state index >= 15 is 0 Å². The molecule has 0 unspecified atom stereocenters. The molecule has 3 rings (SSSR count). The molecule has 1 aromatic carbocycles. The summed E-state index contributed by atoms with van der Waals surface area (Å²) in [5.41, 5.74) is 9.61. The lowest BCUT2D eigenvalue weighted by molar-refractivity contribution is -0.120. The Labute approximate surface area is 126 Å². The minimum Gasteiger partial charge on any atom is -0.328 e. The number of nitrogens with two attached hydrogens (primary N) is 1. The van der Waals surface area contributed by atoms with Crippen molar-refractivity contribution in [3.63, 3.8) is 0 Å². The summed E-state index contributed by atoms with van der Waals surface area (Å²) >= 11 is 0. The molecule has 4 heteroatoms. The Bertz CT molecular complexity index is 521. The number of rotatable bonds is 2. The first-order valence-corrected chi connectivity index (χ1v) is 8.02. The van der Waals surface area contributed by atoms with E-state index in [1.54, 1.807) is 0 Å². The van der Waals surface area contributed by atoms with Crippen molar-refractivity contribution in [1.29, 1.82) is 0 Å². The summed E-state index contributed by atoms with van der Waals surface area (Å²) in [6.45, 7) is 5.37. The van der Waals surface area contributed by atoms with Crippen LogP contribution in [-0.2, 0) is 11.2 Å². The Morgan fingerprint density at radius 1 is 1.29 bits per heavy atom. The Kier molecular flexibility index (Phi) is 4.27. The number of piperidine rings is 1. The molecule has 0 spiro atoms. The van der Waals surface area contributed by atoms with Crippen LogP contribution in [0.4, 0.5) is 5.69 Å². The van der Waals surface area contributed by atoms with Gasteiger partial charge in [0.15, 0.2) is 0 Å². The van der Waals surface area contributed by atoms with E-state index in [0.717, 1.165) is 51.0 Å². The Morgan fingerprint density at radius 2 is 2.05 bits per heavy atom. The van der Waals surface area contributed by atoms with Gasteiger partial charge < -0.3 is 10.6 Å².